The van der Waals surface area contributed by atoms with E-state index >= 15 is 0 Å². The van der Waals surface area contributed by atoms with Crippen LogP contribution in [0.2, 0.25) is 0 Å². The van der Waals surface area contributed by atoms with E-state index in [4.69, 9.17) is 4.74 Å². The molecule has 2 nitrogen and oxygen atoms in total. The second kappa shape index (κ2) is 6.48. The molecule has 1 N–H and O–H groups in total. The van der Waals surface area contributed by atoms with Gasteiger partial charge in [0.15, 0.2) is 0 Å². The predicted octanol–water partition coefficient (Wildman–Crippen LogP) is 3.63. The Bertz CT molecular complexity index is 383. The van der Waals surface area contributed by atoms with Gasteiger partial charge in [-0.15, -0.1) is 0 Å². The third-order valence-electron chi connectivity index (χ3n) is 3.68. The summed E-state index contributed by atoms with van der Waals surface area (Å²) in [6.07, 6.45) is 2.61. The van der Waals surface area contributed by atoms with E-state index in [-0.39, 0.29) is 0 Å². The Hall–Kier alpha value is -0.670. The van der Waals surface area contributed by atoms with Gasteiger partial charge in [0.25, 0.3) is 0 Å². The number of thioether (sulfide) groups is 1. The minimum Gasteiger partial charge on any atom is -0.496 e. The van der Waals surface area contributed by atoms with Crippen molar-refractivity contribution in [3.63, 3.8) is 0 Å². The van der Waals surface area contributed by atoms with Crippen molar-refractivity contribution in [1.29, 1.82) is 0 Å². The molecule has 3 unspecified atom stereocenters. The number of methoxy groups -OCH3 is 1. The Kier molecular flexibility index (Phi) is 4.95. The Morgan fingerprint density at radius 1 is 1.39 bits per heavy atom. The van der Waals surface area contributed by atoms with E-state index in [9.17, 15) is 0 Å². The van der Waals surface area contributed by atoms with Crippen LogP contribution in [0.25, 0.3) is 0 Å². The van der Waals surface area contributed by atoms with Crippen molar-refractivity contribution in [3.05, 3.63) is 29.8 Å². The third kappa shape index (κ3) is 3.21. The number of hydrogen-bond acceptors (Lipinski definition) is 3. The Morgan fingerprint density at radius 2 is 2.17 bits per heavy atom. The maximum Gasteiger partial charge on any atom is 0.123 e. The molecule has 100 valence electrons. The standard InChI is InChI=1S/C15H23NOS/c1-11(13-7-4-5-9-15(13)17-3)16-14-8-6-10-18-12(14)2/h4-5,7,9,11-12,14,16H,6,8,10H2,1-3H3. The van der Waals surface area contributed by atoms with Gasteiger partial charge in [0.05, 0.1) is 7.11 Å². The van der Waals surface area contributed by atoms with Crippen LogP contribution in [0.15, 0.2) is 24.3 Å². The molecule has 0 aromatic heterocycles. The molecule has 3 heteroatoms. The summed E-state index contributed by atoms with van der Waals surface area (Å²) < 4.78 is 5.44. The normalized spacial score (nSPS) is 25.7. The van der Waals surface area contributed by atoms with E-state index < -0.39 is 0 Å². The predicted molar refractivity (Wildman–Crippen MR) is 79.5 cm³/mol. The monoisotopic (exact) mass is 265 g/mol. The van der Waals surface area contributed by atoms with Crippen LogP contribution in [0.3, 0.4) is 0 Å². The highest BCUT2D eigenvalue weighted by molar-refractivity contribution is 7.99. The van der Waals surface area contributed by atoms with Crippen molar-refractivity contribution in [3.8, 4) is 5.75 Å². The smallest absolute Gasteiger partial charge is 0.123 e. The number of hydrogen-bond donors (Lipinski definition) is 1. The lowest BCUT2D eigenvalue weighted by atomic mass is 10.0. The molecule has 1 aromatic rings. The van der Waals surface area contributed by atoms with Crippen LogP contribution in [-0.2, 0) is 0 Å². The highest BCUT2D eigenvalue weighted by atomic mass is 32.2. The van der Waals surface area contributed by atoms with Gasteiger partial charge in [-0.1, -0.05) is 25.1 Å². The van der Waals surface area contributed by atoms with Gasteiger partial charge in [0.1, 0.15) is 5.75 Å². The first-order valence-corrected chi connectivity index (χ1v) is 7.78. The van der Waals surface area contributed by atoms with Crippen LogP contribution < -0.4 is 10.1 Å². The van der Waals surface area contributed by atoms with Gasteiger partial charge in [-0.2, -0.15) is 11.8 Å². The summed E-state index contributed by atoms with van der Waals surface area (Å²) in [4.78, 5) is 0. The maximum atomic E-state index is 5.44. The Balaban J connectivity index is 2.04. The molecule has 0 spiro atoms. The number of benzene rings is 1. The molecule has 2 rings (SSSR count). The molecule has 0 saturated carbocycles. The lowest BCUT2D eigenvalue weighted by molar-refractivity contribution is 0.383. The Morgan fingerprint density at radius 3 is 2.89 bits per heavy atom. The van der Waals surface area contributed by atoms with Gasteiger partial charge in [0.2, 0.25) is 0 Å². The second-order valence-electron chi connectivity index (χ2n) is 4.95. The fourth-order valence-corrected chi connectivity index (χ4v) is 3.73. The molecule has 1 fully saturated rings. The molecule has 1 saturated heterocycles. The minimum absolute atomic E-state index is 0.340. The first-order chi connectivity index (χ1) is 8.72. The fourth-order valence-electron chi connectivity index (χ4n) is 2.58. The third-order valence-corrected chi connectivity index (χ3v) is 5.06. The van der Waals surface area contributed by atoms with Gasteiger partial charge in [0, 0.05) is 22.9 Å². The van der Waals surface area contributed by atoms with E-state index in [1.54, 1.807) is 7.11 Å². The largest absolute Gasteiger partial charge is 0.496 e. The van der Waals surface area contributed by atoms with E-state index in [0.717, 1.165) is 5.75 Å². The van der Waals surface area contributed by atoms with Crippen LogP contribution in [0, 0.1) is 0 Å². The zero-order valence-electron chi connectivity index (χ0n) is 11.5. The number of rotatable bonds is 4. The molecule has 3 atom stereocenters. The molecule has 0 amide bonds. The molecule has 0 radical (unpaired) electrons. The maximum absolute atomic E-state index is 5.44. The fraction of sp³-hybridized carbons (Fsp3) is 0.600. The summed E-state index contributed by atoms with van der Waals surface area (Å²) in [5.41, 5.74) is 1.25. The topological polar surface area (TPSA) is 21.3 Å². The van der Waals surface area contributed by atoms with Crippen molar-refractivity contribution in [1.82, 2.24) is 5.32 Å². The van der Waals surface area contributed by atoms with Crippen molar-refractivity contribution in [2.45, 2.75) is 44.0 Å². The van der Waals surface area contributed by atoms with Crippen LogP contribution >= 0.6 is 11.8 Å². The van der Waals surface area contributed by atoms with Gasteiger partial charge in [-0.05, 0) is 31.6 Å². The van der Waals surface area contributed by atoms with Crippen molar-refractivity contribution < 1.29 is 4.74 Å². The lowest BCUT2D eigenvalue weighted by Gasteiger charge is -2.32. The first kappa shape index (κ1) is 13.8. The highest BCUT2D eigenvalue weighted by Crippen LogP contribution is 2.29. The Labute approximate surface area is 114 Å². The number of nitrogens with one attached hydrogen (secondary N) is 1. The summed E-state index contributed by atoms with van der Waals surface area (Å²) in [5.74, 6) is 2.29. The molecule has 1 heterocycles. The van der Waals surface area contributed by atoms with Crippen LogP contribution in [-0.4, -0.2) is 24.2 Å². The van der Waals surface area contributed by atoms with Crippen molar-refractivity contribution in [2.75, 3.05) is 12.9 Å². The minimum atomic E-state index is 0.340. The average molecular weight is 265 g/mol. The van der Waals surface area contributed by atoms with E-state index in [0.29, 0.717) is 17.3 Å². The van der Waals surface area contributed by atoms with Gasteiger partial charge in [-0.3, -0.25) is 0 Å². The zero-order valence-corrected chi connectivity index (χ0v) is 12.3. The highest BCUT2D eigenvalue weighted by Gasteiger charge is 2.24. The molecular formula is C15H23NOS. The first-order valence-electron chi connectivity index (χ1n) is 6.73. The molecular weight excluding hydrogens is 242 g/mol. The second-order valence-corrected chi connectivity index (χ2v) is 6.44. The summed E-state index contributed by atoms with van der Waals surface area (Å²) in [6.45, 7) is 4.56. The van der Waals surface area contributed by atoms with Crippen molar-refractivity contribution >= 4 is 11.8 Å². The number of para-hydroxylation sites is 1. The van der Waals surface area contributed by atoms with Gasteiger partial charge in [-0.25, -0.2) is 0 Å². The molecule has 1 aliphatic heterocycles. The molecule has 1 aromatic carbocycles. The summed E-state index contributed by atoms with van der Waals surface area (Å²) in [5, 5.41) is 4.46. The quantitative estimate of drug-likeness (QED) is 0.898. The van der Waals surface area contributed by atoms with Gasteiger partial charge >= 0.3 is 0 Å². The van der Waals surface area contributed by atoms with Crippen LogP contribution in [0.4, 0.5) is 0 Å². The molecule has 0 bridgehead atoms. The molecule has 1 aliphatic rings. The van der Waals surface area contributed by atoms with E-state index in [1.165, 1.54) is 24.2 Å². The molecule has 18 heavy (non-hydrogen) atoms. The lowest BCUT2D eigenvalue weighted by Crippen LogP contribution is -2.40. The van der Waals surface area contributed by atoms with Crippen LogP contribution in [0.5, 0.6) is 5.75 Å². The van der Waals surface area contributed by atoms with E-state index in [2.05, 4.69) is 43.1 Å². The van der Waals surface area contributed by atoms with Crippen molar-refractivity contribution in [2.24, 2.45) is 0 Å². The number of ether oxygens (including phenoxy) is 1. The average Bonchev–Trinajstić information content (AvgIpc) is 2.41. The SMILES string of the molecule is COc1ccccc1C(C)NC1CCCSC1C. The van der Waals surface area contributed by atoms with E-state index in [1.807, 2.05) is 12.1 Å². The van der Waals surface area contributed by atoms with Crippen LogP contribution in [0.1, 0.15) is 38.3 Å². The summed E-state index contributed by atoms with van der Waals surface area (Å²) in [7, 11) is 1.74. The summed E-state index contributed by atoms with van der Waals surface area (Å²) >= 11 is 2.08. The molecule has 0 aliphatic carbocycles. The van der Waals surface area contributed by atoms with Gasteiger partial charge < -0.3 is 10.1 Å². The summed E-state index contributed by atoms with van der Waals surface area (Å²) in [6, 6.07) is 9.24. The zero-order chi connectivity index (χ0) is 13.0.